The Balaban J connectivity index is 1.82. The topological polar surface area (TPSA) is 71.2 Å². The van der Waals surface area contributed by atoms with Crippen LogP contribution in [0.3, 0.4) is 0 Å². The summed E-state index contributed by atoms with van der Waals surface area (Å²) in [4.78, 5) is 1.90. The van der Waals surface area contributed by atoms with Gasteiger partial charge in [-0.05, 0) is 48.8 Å². The van der Waals surface area contributed by atoms with Crippen molar-refractivity contribution in [1.82, 2.24) is 30.2 Å². The van der Waals surface area contributed by atoms with E-state index in [0.717, 1.165) is 0 Å². The molecule has 0 saturated carbocycles. The molecule has 2 aromatic heterocycles. The van der Waals surface area contributed by atoms with Crippen LogP contribution < -0.4 is 5.32 Å². The van der Waals surface area contributed by atoms with Crippen LogP contribution in [0, 0.1) is 5.82 Å². The molecule has 120 valence electrons. The molecule has 2 heterocycles. The largest absolute Gasteiger partial charge is 0.367 e. The molecule has 1 aromatic carbocycles. The molecule has 0 saturated heterocycles. The summed E-state index contributed by atoms with van der Waals surface area (Å²) in [6, 6.07) is 7.94. The van der Waals surface area contributed by atoms with E-state index in [-0.39, 0.29) is 11.9 Å². The Kier molecular flexibility index (Phi) is 4.35. The zero-order valence-electron chi connectivity index (χ0n) is 12.6. The Labute approximate surface area is 137 Å². The lowest BCUT2D eigenvalue weighted by molar-refractivity contribution is 0.304. The maximum absolute atomic E-state index is 14.2. The number of nitrogens with zero attached hydrogens (tertiary/aromatic N) is 6. The molecule has 3 rings (SSSR count). The Bertz CT molecular complexity index is 799. The average Bonchev–Trinajstić information content (AvgIpc) is 2.97. The number of nitrogens with one attached hydrogen (secondary N) is 1. The summed E-state index contributed by atoms with van der Waals surface area (Å²) in [5.74, 6) is 0.256. The number of hydrogen-bond acceptors (Lipinski definition) is 6. The van der Waals surface area contributed by atoms with Crippen molar-refractivity contribution < 1.29 is 4.39 Å². The number of halogens is 2. The number of aromatic nitrogens is 5. The molecule has 0 fully saturated rings. The minimum atomic E-state index is -0.332. The molecule has 0 bridgehead atoms. The predicted octanol–water partition coefficient (Wildman–Crippen LogP) is 2.03. The monoisotopic (exact) mass is 335 g/mol. The molecule has 1 atom stereocenters. The van der Waals surface area contributed by atoms with E-state index in [0.29, 0.717) is 28.6 Å². The highest BCUT2D eigenvalue weighted by molar-refractivity contribution is 6.31. The van der Waals surface area contributed by atoms with E-state index >= 15 is 0 Å². The van der Waals surface area contributed by atoms with Crippen LogP contribution in [0.4, 0.5) is 10.2 Å². The SMILES string of the molecule is CN(C)[C@H](CNc1ccc2nnnn2n1)c1c(F)cccc1Cl. The summed E-state index contributed by atoms with van der Waals surface area (Å²) in [6.07, 6.45) is 0. The highest BCUT2D eigenvalue weighted by atomic mass is 35.5. The van der Waals surface area contributed by atoms with Gasteiger partial charge in [0.1, 0.15) is 11.6 Å². The first-order chi connectivity index (χ1) is 11.1. The van der Waals surface area contributed by atoms with Gasteiger partial charge in [-0.2, -0.15) is 0 Å². The van der Waals surface area contributed by atoms with Gasteiger partial charge in [0.15, 0.2) is 5.65 Å². The second-order valence-electron chi connectivity index (χ2n) is 5.24. The van der Waals surface area contributed by atoms with Crippen LogP contribution in [0.5, 0.6) is 0 Å². The Hall–Kier alpha value is -2.32. The average molecular weight is 336 g/mol. The van der Waals surface area contributed by atoms with E-state index in [1.54, 1.807) is 24.3 Å². The zero-order valence-corrected chi connectivity index (χ0v) is 13.4. The van der Waals surface area contributed by atoms with Crippen molar-refractivity contribution in [2.24, 2.45) is 0 Å². The Morgan fingerprint density at radius 1 is 1.30 bits per heavy atom. The lowest BCUT2D eigenvalue weighted by Gasteiger charge is -2.26. The summed E-state index contributed by atoms with van der Waals surface area (Å²) >= 11 is 6.17. The molecule has 0 aliphatic rings. The predicted molar refractivity (Wildman–Crippen MR) is 84.9 cm³/mol. The van der Waals surface area contributed by atoms with E-state index in [1.165, 1.54) is 10.7 Å². The van der Waals surface area contributed by atoms with Gasteiger partial charge < -0.3 is 10.2 Å². The van der Waals surface area contributed by atoms with Gasteiger partial charge in [0, 0.05) is 17.1 Å². The summed E-state index contributed by atoms with van der Waals surface area (Å²) in [6.45, 7) is 0.425. The number of likely N-dealkylation sites (N-methyl/N-ethyl adjacent to an activating group) is 1. The van der Waals surface area contributed by atoms with Gasteiger partial charge in [-0.3, -0.25) is 0 Å². The molecule has 0 unspecified atom stereocenters. The van der Waals surface area contributed by atoms with E-state index in [2.05, 4.69) is 25.9 Å². The van der Waals surface area contributed by atoms with Crippen molar-refractivity contribution in [2.45, 2.75) is 6.04 Å². The lowest BCUT2D eigenvalue weighted by Crippen LogP contribution is -2.28. The van der Waals surface area contributed by atoms with Crippen LogP contribution in [0.1, 0.15) is 11.6 Å². The molecule has 0 spiro atoms. The highest BCUT2D eigenvalue weighted by Crippen LogP contribution is 2.29. The zero-order chi connectivity index (χ0) is 16.4. The van der Waals surface area contributed by atoms with Crippen LogP contribution in [-0.4, -0.2) is 50.8 Å². The van der Waals surface area contributed by atoms with Crippen LogP contribution in [0.25, 0.3) is 5.65 Å². The second kappa shape index (κ2) is 6.43. The highest BCUT2D eigenvalue weighted by Gasteiger charge is 2.21. The fraction of sp³-hybridized carbons (Fsp3) is 0.286. The molecule has 0 amide bonds. The summed E-state index contributed by atoms with van der Waals surface area (Å²) in [5.41, 5.74) is 1.01. The first kappa shape index (κ1) is 15.6. The number of anilines is 1. The van der Waals surface area contributed by atoms with Crippen molar-refractivity contribution in [3.63, 3.8) is 0 Å². The van der Waals surface area contributed by atoms with Crippen LogP contribution in [0.15, 0.2) is 30.3 Å². The third-order valence-electron chi connectivity index (χ3n) is 3.50. The van der Waals surface area contributed by atoms with Gasteiger partial charge in [0.2, 0.25) is 0 Å². The van der Waals surface area contributed by atoms with Gasteiger partial charge in [0.25, 0.3) is 0 Å². The minimum absolute atomic E-state index is 0.255. The molecule has 23 heavy (non-hydrogen) atoms. The maximum atomic E-state index is 14.2. The molecular formula is C14H15ClFN7. The van der Waals surface area contributed by atoms with E-state index in [1.807, 2.05) is 19.0 Å². The third kappa shape index (κ3) is 3.22. The Morgan fingerprint density at radius 2 is 2.13 bits per heavy atom. The molecule has 9 heteroatoms. The summed E-state index contributed by atoms with van der Waals surface area (Å²) in [5, 5.41) is 18.9. The van der Waals surface area contributed by atoms with Gasteiger partial charge in [-0.1, -0.05) is 17.7 Å². The normalized spacial score (nSPS) is 12.7. The standard InChI is InChI=1S/C14H15ClFN7/c1-22(2)11(14-9(15)4-3-5-10(14)16)8-17-12-6-7-13-18-20-21-23(13)19-12/h3-7,11H,8H2,1-2H3,(H,17,19)/t11-/m1/s1. The quantitative estimate of drug-likeness (QED) is 0.769. The fourth-order valence-corrected chi connectivity index (χ4v) is 2.61. The Morgan fingerprint density at radius 3 is 2.87 bits per heavy atom. The molecule has 0 aliphatic heterocycles. The number of fused-ring (bicyclic) bond motifs is 1. The van der Waals surface area contributed by atoms with Crippen molar-refractivity contribution in [3.05, 3.63) is 46.7 Å². The van der Waals surface area contributed by atoms with Gasteiger partial charge in [-0.25, -0.2) is 4.39 Å². The number of tetrazole rings is 1. The van der Waals surface area contributed by atoms with Crippen molar-refractivity contribution in [2.75, 3.05) is 26.0 Å². The number of benzene rings is 1. The second-order valence-corrected chi connectivity index (χ2v) is 5.65. The van der Waals surface area contributed by atoms with E-state index in [4.69, 9.17) is 11.6 Å². The van der Waals surface area contributed by atoms with Crippen LogP contribution >= 0.6 is 11.6 Å². The van der Waals surface area contributed by atoms with Crippen LogP contribution in [0.2, 0.25) is 5.02 Å². The first-order valence-electron chi connectivity index (χ1n) is 6.96. The van der Waals surface area contributed by atoms with Gasteiger partial charge >= 0.3 is 0 Å². The van der Waals surface area contributed by atoms with E-state index in [9.17, 15) is 4.39 Å². The number of hydrogen-bond donors (Lipinski definition) is 1. The molecule has 0 aliphatic carbocycles. The maximum Gasteiger partial charge on any atom is 0.200 e. The first-order valence-corrected chi connectivity index (χ1v) is 7.33. The molecular weight excluding hydrogens is 321 g/mol. The smallest absolute Gasteiger partial charge is 0.200 e. The van der Waals surface area contributed by atoms with Crippen molar-refractivity contribution >= 4 is 23.1 Å². The lowest BCUT2D eigenvalue weighted by atomic mass is 10.1. The van der Waals surface area contributed by atoms with Crippen LogP contribution in [-0.2, 0) is 0 Å². The van der Waals surface area contributed by atoms with Gasteiger partial charge in [0.05, 0.1) is 6.04 Å². The minimum Gasteiger partial charge on any atom is -0.367 e. The van der Waals surface area contributed by atoms with E-state index < -0.39 is 0 Å². The third-order valence-corrected chi connectivity index (χ3v) is 3.83. The summed E-state index contributed by atoms with van der Waals surface area (Å²) in [7, 11) is 3.74. The van der Waals surface area contributed by atoms with Crippen molar-refractivity contribution in [1.29, 1.82) is 0 Å². The molecule has 3 aromatic rings. The molecule has 1 N–H and O–H groups in total. The number of rotatable bonds is 5. The van der Waals surface area contributed by atoms with Crippen molar-refractivity contribution in [3.8, 4) is 0 Å². The molecule has 0 radical (unpaired) electrons. The summed E-state index contributed by atoms with van der Waals surface area (Å²) < 4.78 is 15.5. The van der Waals surface area contributed by atoms with Gasteiger partial charge in [-0.15, -0.1) is 14.8 Å². The fourth-order valence-electron chi connectivity index (χ4n) is 2.32. The molecule has 7 nitrogen and oxygen atoms in total.